The first-order valence-corrected chi connectivity index (χ1v) is 9.49. The maximum atomic E-state index is 12.8. The molecule has 1 saturated carbocycles. The molecule has 5 heteroatoms. The molecule has 0 radical (unpaired) electrons. The summed E-state index contributed by atoms with van der Waals surface area (Å²) in [5, 5.41) is 0. The van der Waals surface area contributed by atoms with Crippen LogP contribution in [-0.4, -0.2) is 33.2 Å². The van der Waals surface area contributed by atoms with Gasteiger partial charge in [-0.2, -0.15) is 0 Å². The second-order valence-electron chi connectivity index (χ2n) is 7.41. The summed E-state index contributed by atoms with van der Waals surface area (Å²) in [6, 6.07) is 15.3. The monoisotopic (exact) mass is 373 g/mol. The van der Waals surface area contributed by atoms with Crippen LogP contribution in [0.1, 0.15) is 39.4 Å². The number of carbonyl (C=O) groups is 2. The third kappa shape index (κ3) is 3.74. The number of carbonyl (C=O) groups excluding carboxylic acids is 2. The quantitative estimate of drug-likeness (QED) is 0.615. The predicted molar refractivity (Wildman–Crippen MR) is 108 cm³/mol. The molecule has 5 nitrogen and oxygen atoms in total. The maximum absolute atomic E-state index is 12.8. The first-order chi connectivity index (χ1) is 13.5. The lowest BCUT2D eigenvalue weighted by Gasteiger charge is -2.17. The summed E-state index contributed by atoms with van der Waals surface area (Å²) in [7, 11) is 3.70. The van der Waals surface area contributed by atoms with E-state index in [0.29, 0.717) is 12.1 Å². The molecule has 142 valence electrons. The average Bonchev–Trinajstić information content (AvgIpc) is 3.50. The SMILES string of the molecule is CN(Cc1nccn1C)C(=O)c1cccc(-c2ccc(C(=O)C3CC3)cc2)c1. The Kier molecular flexibility index (Phi) is 4.82. The fourth-order valence-electron chi connectivity index (χ4n) is 3.29. The first kappa shape index (κ1) is 18.2. The molecule has 0 bridgehead atoms. The molecule has 1 aliphatic rings. The van der Waals surface area contributed by atoms with E-state index in [1.807, 2.05) is 66.3 Å². The minimum atomic E-state index is -0.0506. The van der Waals surface area contributed by atoms with E-state index in [1.54, 1.807) is 18.1 Å². The number of rotatable bonds is 6. The molecule has 1 fully saturated rings. The number of Topliss-reactive ketones (excluding diaryl/α,β-unsaturated/α-hetero) is 1. The fourth-order valence-corrected chi connectivity index (χ4v) is 3.29. The van der Waals surface area contributed by atoms with Crippen LogP contribution in [-0.2, 0) is 13.6 Å². The normalized spacial score (nSPS) is 13.4. The molecule has 3 aromatic rings. The lowest BCUT2D eigenvalue weighted by Crippen LogP contribution is -2.27. The molecule has 0 atom stereocenters. The zero-order valence-corrected chi connectivity index (χ0v) is 16.1. The van der Waals surface area contributed by atoms with Gasteiger partial charge < -0.3 is 9.47 Å². The fraction of sp³-hybridized carbons (Fsp3) is 0.261. The number of aromatic nitrogens is 2. The molecule has 0 N–H and O–H groups in total. The number of hydrogen-bond donors (Lipinski definition) is 0. The van der Waals surface area contributed by atoms with Gasteiger partial charge in [-0.1, -0.05) is 36.4 Å². The van der Waals surface area contributed by atoms with Crippen molar-refractivity contribution in [3.8, 4) is 11.1 Å². The van der Waals surface area contributed by atoms with E-state index in [2.05, 4.69) is 4.98 Å². The molecular weight excluding hydrogens is 350 g/mol. The highest BCUT2D eigenvalue weighted by Gasteiger charge is 2.30. The Morgan fingerprint density at radius 1 is 1.07 bits per heavy atom. The van der Waals surface area contributed by atoms with Crippen molar-refractivity contribution >= 4 is 11.7 Å². The van der Waals surface area contributed by atoms with Crippen molar-refractivity contribution in [2.45, 2.75) is 19.4 Å². The van der Waals surface area contributed by atoms with Gasteiger partial charge in [0.25, 0.3) is 5.91 Å². The highest BCUT2D eigenvalue weighted by Crippen LogP contribution is 2.33. The van der Waals surface area contributed by atoms with Crippen LogP contribution in [0.2, 0.25) is 0 Å². The first-order valence-electron chi connectivity index (χ1n) is 9.49. The van der Waals surface area contributed by atoms with Crippen LogP contribution >= 0.6 is 0 Å². The van der Waals surface area contributed by atoms with Gasteiger partial charge in [-0.3, -0.25) is 9.59 Å². The molecule has 1 heterocycles. The minimum Gasteiger partial charge on any atom is -0.337 e. The number of benzene rings is 2. The summed E-state index contributed by atoms with van der Waals surface area (Å²) in [6.07, 6.45) is 5.62. The summed E-state index contributed by atoms with van der Waals surface area (Å²) in [5.41, 5.74) is 3.36. The zero-order chi connectivity index (χ0) is 19.7. The smallest absolute Gasteiger partial charge is 0.254 e. The van der Waals surface area contributed by atoms with Gasteiger partial charge in [0.05, 0.1) is 6.54 Å². The number of imidazole rings is 1. The molecule has 1 amide bonds. The Morgan fingerprint density at radius 3 is 2.46 bits per heavy atom. The Balaban J connectivity index is 1.51. The Morgan fingerprint density at radius 2 is 1.82 bits per heavy atom. The number of hydrogen-bond acceptors (Lipinski definition) is 3. The van der Waals surface area contributed by atoms with Gasteiger partial charge >= 0.3 is 0 Å². The third-order valence-corrected chi connectivity index (χ3v) is 5.21. The Bertz CT molecular complexity index is 1020. The zero-order valence-electron chi connectivity index (χ0n) is 16.1. The standard InChI is InChI=1S/C23H23N3O2/c1-25-13-12-24-21(25)15-26(2)23(28)20-5-3-4-19(14-20)16-6-8-17(9-7-16)22(27)18-10-11-18/h3-9,12-14,18H,10-11,15H2,1-2H3. The Hall–Kier alpha value is -3.21. The second-order valence-corrected chi connectivity index (χ2v) is 7.41. The molecule has 28 heavy (non-hydrogen) atoms. The van der Waals surface area contributed by atoms with Crippen LogP contribution in [0.25, 0.3) is 11.1 Å². The van der Waals surface area contributed by atoms with Gasteiger partial charge in [-0.05, 0) is 36.1 Å². The lowest BCUT2D eigenvalue weighted by atomic mass is 9.99. The molecule has 0 spiro atoms. The lowest BCUT2D eigenvalue weighted by molar-refractivity contribution is 0.0780. The summed E-state index contributed by atoms with van der Waals surface area (Å²) in [5.74, 6) is 1.25. The van der Waals surface area contributed by atoms with Gasteiger partial charge in [0.15, 0.2) is 5.78 Å². The van der Waals surface area contributed by atoms with Crippen molar-refractivity contribution in [3.05, 3.63) is 77.9 Å². The van der Waals surface area contributed by atoms with Crippen LogP contribution in [0.5, 0.6) is 0 Å². The van der Waals surface area contributed by atoms with Gasteiger partial charge in [0, 0.05) is 43.5 Å². The molecule has 0 unspecified atom stereocenters. The summed E-state index contributed by atoms with van der Waals surface area (Å²) in [4.78, 5) is 30.9. The van der Waals surface area contributed by atoms with Crippen molar-refractivity contribution in [2.75, 3.05) is 7.05 Å². The number of aryl methyl sites for hydroxylation is 1. The van der Waals surface area contributed by atoms with Gasteiger partial charge in [0.2, 0.25) is 0 Å². The van der Waals surface area contributed by atoms with E-state index < -0.39 is 0 Å². The van der Waals surface area contributed by atoms with Crippen LogP contribution in [0.15, 0.2) is 60.9 Å². The second kappa shape index (κ2) is 7.43. The van der Waals surface area contributed by atoms with Crippen LogP contribution in [0, 0.1) is 5.92 Å². The Labute approximate surface area is 164 Å². The highest BCUT2D eigenvalue weighted by molar-refractivity contribution is 5.99. The van der Waals surface area contributed by atoms with Crippen molar-refractivity contribution < 1.29 is 9.59 Å². The molecular formula is C23H23N3O2. The van der Waals surface area contributed by atoms with E-state index in [1.165, 1.54) is 0 Å². The van der Waals surface area contributed by atoms with Crippen LogP contribution < -0.4 is 0 Å². The van der Waals surface area contributed by atoms with E-state index >= 15 is 0 Å². The molecule has 1 aliphatic carbocycles. The van der Waals surface area contributed by atoms with E-state index in [4.69, 9.17) is 0 Å². The molecule has 1 aromatic heterocycles. The summed E-state index contributed by atoms with van der Waals surface area (Å²) in [6.45, 7) is 0.449. The molecule has 0 saturated heterocycles. The van der Waals surface area contributed by atoms with Crippen molar-refractivity contribution in [2.24, 2.45) is 13.0 Å². The minimum absolute atomic E-state index is 0.0506. The summed E-state index contributed by atoms with van der Waals surface area (Å²) >= 11 is 0. The van der Waals surface area contributed by atoms with Crippen molar-refractivity contribution in [1.29, 1.82) is 0 Å². The molecule has 0 aliphatic heterocycles. The highest BCUT2D eigenvalue weighted by atomic mass is 16.2. The van der Waals surface area contributed by atoms with Crippen molar-refractivity contribution in [1.82, 2.24) is 14.5 Å². The third-order valence-electron chi connectivity index (χ3n) is 5.21. The average molecular weight is 373 g/mol. The topological polar surface area (TPSA) is 55.2 Å². The predicted octanol–water partition coefficient (Wildman–Crippen LogP) is 3.95. The van der Waals surface area contributed by atoms with E-state index in [-0.39, 0.29) is 17.6 Å². The number of amides is 1. The van der Waals surface area contributed by atoms with E-state index in [9.17, 15) is 9.59 Å². The van der Waals surface area contributed by atoms with Gasteiger partial charge in [-0.15, -0.1) is 0 Å². The van der Waals surface area contributed by atoms with Crippen LogP contribution in [0.4, 0.5) is 0 Å². The number of nitrogens with zero attached hydrogens (tertiary/aromatic N) is 3. The molecule has 2 aromatic carbocycles. The van der Waals surface area contributed by atoms with Gasteiger partial charge in [0.1, 0.15) is 5.82 Å². The van der Waals surface area contributed by atoms with Crippen molar-refractivity contribution in [3.63, 3.8) is 0 Å². The molecule has 4 rings (SSSR count). The maximum Gasteiger partial charge on any atom is 0.254 e. The summed E-state index contributed by atoms with van der Waals surface area (Å²) < 4.78 is 1.91. The number of ketones is 1. The van der Waals surface area contributed by atoms with Gasteiger partial charge in [-0.25, -0.2) is 4.98 Å². The van der Waals surface area contributed by atoms with Crippen LogP contribution in [0.3, 0.4) is 0 Å². The largest absolute Gasteiger partial charge is 0.337 e. The van der Waals surface area contributed by atoms with E-state index in [0.717, 1.165) is 35.4 Å².